The van der Waals surface area contributed by atoms with Crippen molar-refractivity contribution in [3.8, 4) is 0 Å². The molecule has 0 aromatic carbocycles. The van der Waals surface area contributed by atoms with Gasteiger partial charge >= 0.3 is 0 Å². The van der Waals surface area contributed by atoms with Gasteiger partial charge in [0.15, 0.2) is 0 Å². The average molecular weight is 240 g/mol. The summed E-state index contributed by atoms with van der Waals surface area (Å²) in [5.74, 6) is 0.561. The average Bonchev–Trinajstić information content (AvgIpc) is 2.77. The smallest absolute Gasteiger partial charge is 0.123 e. The fourth-order valence-electron chi connectivity index (χ4n) is 1.81. The van der Waals surface area contributed by atoms with Gasteiger partial charge in [0.1, 0.15) is 11.1 Å². The molecule has 0 radical (unpaired) electrons. The van der Waals surface area contributed by atoms with E-state index < -0.39 is 0 Å². The predicted molar refractivity (Wildman–Crippen MR) is 67.0 cm³/mol. The molecule has 4 heteroatoms. The second kappa shape index (κ2) is 5.25. The second-order valence-corrected chi connectivity index (χ2v) is 5.43. The molecule has 90 valence electrons. The minimum absolute atomic E-state index is 0.182. The fourth-order valence-corrected chi connectivity index (χ4v) is 2.79. The van der Waals surface area contributed by atoms with Gasteiger partial charge in [-0.2, -0.15) is 0 Å². The van der Waals surface area contributed by atoms with Crippen LogP contribution in [0.25, 0.3) is 0 Å². The monoisotopic (exact) mass is 240 g/mol. The summed E-state index contributed by atoms with van der Waals surface area (Å²) in [6.07, 6.45) is 1.33. The molecular formula is C12H20N2OS. The number of morpholine rings is 1. The number of rotatable bonds is 3. The number of aromatic nitrogens is 1. The topological polar surface area (TPSA) is 25.4 Å². The number of hydrogen-bond donors (Lipinski definition) is 0. The van der Waals surface area contributed by atoms with Crippen molar-refractivity contribution in [1.29, 1.82) is 0 Å². The number of nitrogens with zero attached hydrogens (tertiary/aromatic N) is 2. The van der Waals surface area contributed by atoms with E-state index in [1.165, 1.54) is 5.69 Å². The van der Waals surface area contributed by atoms with Crippen LogP contribution in [0.1, 0.15) is 43.0 Å². The van der Waals surface area contributed by atoms with Crippen LogP contribution < -0.4 is 0 Å². The zero-order chi connectivity index (χ0) is 11.5. The highest BCUT2D eigenvalue weighted by molar-refractivity contribution is 7.09. The molecule has 16 heavy (non-hydrogen) atoms. The zero-order valence-electron chi connectivity index (χ0n) is 10.3. The number of thiazole rings is 1. The number of ether oxygens (including phenoxy) is 1. The van der Waals surface area contributed by atoms with E-state index >= 15 is 0 Å². The van der Waals surface area contributed by atoms with Gasteiger partial charge in [0, 0.05) is 18.5 Å². The summed E-state index contributed by atoms with van der Waals surface area (Å²) in [5, 5.41) is 3.32. The van der Waals surface area contributed by atoms with Crippen LogP contribution in [0.4, 0.5) is 0 Å². The van der Waals surface area contributed by atoms with Crippen LogP contribution >= 0.6 is 11.3 Å². The van der Waals surface area contributed by atoms with Crippen LogP contribution in [-0.4, -0.2) is 36.6 Å². The minimum Gasteiger partial charge on any atom is -0.368 e. The van der Waals surface area contributed by atoms with Crippen molar-refractivity contribution in [3.05, 3.63) is 16.1 Å². The molecule has 0 amide bonds. The lowest BCUT2D eigenvalue weighted by atomic mass is 10.1. The lowest BCUT2D eigenvalue weighted by Gasteiger charge is -2.28. The second-order valence-electron chi connectivity index (χ2n) is 4.54. The van der Waals surface area contributed by atoms with Crippen LogP contribution in [0.3, 0.4) is 0 Å². The molecule has 2 unspecified atom stereocenters. The van der Waals surface area contributed by atoms with Crippen molar-refractivity contribution in [3.63, 3.8) is 0 Å². The predicted octanol–water partition coefficient (Wildman–Crippen LogP) is 2.66. The van der Waals surface area contributed by atoms with Crippen molar-refractivity contribution in [2.24, 2.45) is 0 Å². The van der Waals surface area contributed by atoms with E-state index in [-0.39, 0.29) is 6.10 Å². The maximum Gasteiger partial charge on any atom is 0.123 e. The van der Waals surface area contributed by atoms with Crippen molar-refractivity contribution in [2.75, 3.05) is 26.7 Å². The third-order valence-corrected chi connectivity index (χ3v) is 4.16. The van der Waals surface area contributed by atoms with E-state index in [2.05, 4.69) is 31.2 Å². The van der Waals surface area contributed by atoms with E-state index in [1.54, 1.807) is 11.3 Å². The number of likely N-dealkylation sites (N-methyl/N-ethyl adjacent to an activating group) is 1. The third kappa shape index (κ3) is 2.62. The maximum atomic E-state index is 5.77. The summed E-state index contributed by atoms with van der Waals surface area (Å²) in [6.45, 7) is 7.24. The summed E-state index contributed by atoms with van der Waals surface area (Å²) in [5.41, 5.74) is 1.22. The molecule has 1 aromatic heterocycles. The molecule has 1 saturated heterocycles. The van der Waals surface area contributed by atoms with Gasteiger partial charge in [0.05, 0.1) is 12.3 Å². The van der Waals surface area contributed by atoms with Crippen LogP contribution in [0, 0.1) is 0 Å². The van der Waals surface area contributed by atoms with Crippen molar-refractivity contribution < 1.29 is 4.74 Å². The minimum atomic E-state index is 0.182. The Balaban J connectivity index is 2.06. The summed E-state index contributed by atoms with van der Waals surface area (Å²) in [7, 11) is 2.14. The molecule has 1 aliphatic heterocycles. The first-order valence-corrected chi connectivity index (χ1v) is 6.84. The van der Waals surface area contributed by atoms with E-state index in [0.29, 0.717) is 5.92 Å². The molecule has 0 bridgehead atoms. The molecule has 3 nitrogen and oxygen atoms in total. The van der Waals surface area contributed by atoms with Crippen LogP contribution in [0.15, 0.2) is 5.38 Å². The normalized spacial score (nSPS) is 24.6. The van der Waals surface area contributed by atoms with E-state index in [4.69, 9.17) is 9.72 Å². The largest absolute Gasteiger partial charge is 0.368 e. The molecule has 0 spiro atoms. The highest BCUT2D eigenvalue weighted by Crippen LogP contribution is 2.28. The number of hydrogen-bond acceptors (Lipinski definition) is 4. The molecule has 1 fully saturated rings. The molecule has 0 saturated carbocycles. The standard InChI is InChI=1S/C12H20N2OS/c1-4-9(2)10-8-16-12(13-10)11-7-14(3)5-6-15-11/h8-9,11H,4-7H2,1-3H3. The van der Waals surface area contributed by atoms with Gasteiger partial charge in [-0.25, -0.2) is 4.98 Å². The third-order valence-electron chi connectivity index (χ3n) is 3.20. The van der Waals surface area contributed by atoms with Gasteiger partial charge in [-0.3, -0.25) is 0 Å². The maximum absolute atomic E-state index is 5.77. The lowest BCUT2D eigenvalue weighted by Crippen LogP contribution is -2.35. The Labute approximate surface area is 101 Å². The first kappa shape index (κ1) is 12.0. The quantitative estimate of drug-likeness (QED) is 0.812. The first-order valence-electron chi connectivity index (χ1n) is 5.96. The van der Waals surface area contributed by atoms with Gasteiger partial charge in [-0.15, -0.1) is 11.3 Å². The van der Waals surface area contributed by atoms with Gasteiger partial charge in [-0.05, 0) is 19.4 Å². The highest BCUT2D eigenvalue weighted by atomic mass is 32.1. The Morgan fingerprint density at radius 3 is 3.19 bits per heavy atom. The Bertz CT molecular complexity index is 340. The van der Waals surface area contributed by atoms with Gasteiger partial charge in [0.2, 0.25) is 0 Å². The Kier molecular flexibility index (Phi) is 3.95. The lowest BCUT2D eigenvalue weighted by molar-refractivity contribution is -0.0210. The van der Waals surface area contributed by atoms with Gasteiger partial charge in [-0.1, -0.05) is 13.8 Å². The van der Waals surface area contributed by atoms with E-state index in [1.807, 2.05) is 0 Å². The summed E-state index contributed by atoms with van der Waals surface area (Å²) < 4.78 is 5.77. The Morgan fingerprint density at radius 2 is 2.50 bits per heavy atom. The molecule has 2 atom stereocenters. The molecule has 1 aliphatic rings. The molecule has 1 aromatic rings. The molecule has 2 heterocycles. The van der Waals surface area contributed by atoms with Crippen LogP contribution in [0.5, 0.6) is 0 Å². The summed E-state index contributed by atoms with van der Waals surface area (Å²) >= 11 is 1.74. The Hall–Kier alpha value is -0.450. The van der Waals surface area contributed by atoms with E-state index in [9.17, 15) is 0 Å². The van der Waals surface area contributed by atoms with E-state index in [0.717, 1.165) is 31.1 Å². The van der Waals surface area contributed by atoms with Crippen molar-refractivity contribution in [2.45, 2.75) is 32.3 Å². The highest BCUT2D eigenvalue weighted by Gasteiger charge is 2.22. The van der Waals surface area contributed by atoms with Crippen LogP contribution in [-0.2, 0) is 4.74 Å². The van der Waals surface area contributed by atoms with Gasteiger partial charge < -0.3 is 9.64 Å². The SMILES string of the molecule is CCC(C)c1csc(C2CN(C)CCO2)n1. The van der Waals surface area contributed by atoms with Crippen molar-refractivity contribution >= 4 is 11.3 Å². The fraction of sp³-hybridized carbons (Fsp3) is 0.750. The molecule has 0 N–H and O–H groups in total. The molecule has 2 rings (SSSR count). The Morgan fingerprint density at radius 1 is 1.69 bits per heavy atom. The summed E-state index contributed by atoms with van der Waals surface area (Å²) in [6, 6.07) is 0. The van der Waals surface area contributed by atoms with Gasteiger partial charge in [0.25, 0.3) is 0 Å². The molecule has 0 aliphatic carbocycles. The van der Waals surface area contributed by atoms with Crippen LogP contribution in [0.2, 0.25) is 0 Å². The summed E-state index contributed by atoms with van der Waals surface area (Å²) in [4.78, 5) is 7.01. The van der Waals surface area contributed by atoms with Crippen molar-refractivity contribution in [1.82, 2.24) is 9.88 Å². The zero-order valence-corrected chi connectivity index (χ0v) is 11.1. The first-order chi connectivity index (χ1) is 7.70. The molecular weight excluding hydrogens is 220 g/mol.